The molecule has 2 rings (SSSR count). The lowest BCUT2D eigenvalue weighted by atomic mass is 10.0. The number of halogens is 1. The molecule has 0 aliphatic carbocycles. The molecule has 1 heterocycles. The van der Waals surface area contributed by atoms with Crippen LogP contribution in [0.3, 0.4) is 0 Å². The van der Waals surface area contributed by atoms with Crippen molar-refractivity contribution in [1.29, 1.82) is 10.5 Å². The molecule has 0 atom stereocenters. The summed E-state index contributed by atoms with van der Waals surface area (Å²) < 4.78 is 5.26. The van der Waals surface area contributed by atoms with Crippen LogP contribution in [0.4, 0.5) is 5.69 Å². The van der Waals surface area contributed by atoms with Gasteiger partial charge in [0.1, 0.15) is 24.3 Å². The molecule has 0 radical (unpaired) electrons. The summed E-state index contributed by atoms with van der Waals surface area (Å²) >= 11 is 3.28. The molecule has 1 aromatic rings. The Morgan fingerprint density at radius 3 is 2.62 bits per heavy atom. The first-order valence-electron chi connectivity index (χ1n) is 5.76. The number of rotatable bonds is 2. The van der Waals surface area contributed by atoms with E-state index in [1.54, 1.807) is 30.3 Å². The van der Waals surface area contributed by atoms with Crippen LogP contribution in [0.5, 0.6) is 0 Å². The highest BCUT2D eigenvalue weighted by molar-refractivity contribution is 9.10. The molecule has 0 fully saturated rings. The smallest absolute Gasteiger partial charge is 0.325 e. The fraction of sp³-hybridized carbons (Fsp3) is 0.143. The SMILES string of the molecule is COC(=O)CN1C(=O)C(=C(C#N)C#N)c2cc(Br)ccc21. The summed E-state index contributed by atoms with van der Waals surface area (Å²) in [5.74, 6) is -1.15. The van der Waals surface area contributed by atoms with Gasteiger partial charge in [-0.3, -0.25) is 14.5 Å². The van der Waals surface area contributed by atoms with Crippen molar-refractivity contribution >= 4 is 39.1 Å². The average molecular weight is 346 g/mol. The van der Waals surface area contributed by atoms with Crippen LogP contribution in [-0.2, 0) is 14.3 Å². The molecule has 7 heteroatoms. The largest absolute Gasteiger partial charge is 0.468 e. The summed E-state index contributed by atoms with van der Waals surface area (Å²) in [6, 6.07) is 8.40. The van der Waals surface area contributed by atoms with Crippen LogP contribution in [0.25, 0.3) is 5.57 Å². The minimum Gasteiger partial charge on any atom is -0.468 e. The average Bonchev–Trinajstić information content (AvgIpc) is 2.73. The van der Waals surface area contributed by atoms with Crippen LogP contribution >= 0.6 is 15.9 Å². The highest BCUT2D eigenvalue weighted by Gasteiger charge is 2.36. The van der Waals surface area contributed by atoms with Crippen molar-refractivity contribution in [3.05, 3.63) is 33.8 Å². The molecule has 0 saturated heterocycles. The van der Waals surface area contributed by atoms with Crippen molar-refractivity contribution in [3.63, 3.8) is 0 Å². The zero-order chi connectivity index (χ0) is 15.6. The van der Waals surface area contributed by atoms with E-state index < -0.39 is 11.9 Å². The van der Waals surface area contributed by atoms with E-state index in [0.29, 0.717) is 15.7 Å². The number of amides is 1. The molecule has 0 saturated carbocycles. The number of allylic oxidation sites excluding steroid dienone is 1. The number of benzene rings is 1. The molecule has 6 nitrogen and oxygen atoms in total. The molecule has 0 spiro atoms. The van der Waals surface area contributed by atoms with Gasteiger partial charge in [-0.05, 0) is 18.2 Å². The minimum absolute atomic E-state index is 0.000188. The maximum absolute atomic E-state index is 12.4. The summed E-state index contributed by atoms with van der Waals surface area (Å²) in [5, 5.41) is 18.0. The number of anilines is 1. The normalized spacial score (nSPS) is 12.5. The van der Waals surface area contributed by atoms with Crippen LogP contribution in [-0.4, -0.2) is 25.5 Å². The Hall–Kier alpha value is -2.64. The van der Waals surface area contributed by atoms with Crippen molar-refractivity contribution < 1.29 is 14.3 Å². The molecule has 1 aromatic carbocycles. The molecular weight excluding hydrogens is 338 g/mol. The van der Waals surface area contributed by atoms with Crippen molar-refractivity contribution in [2.45, 2.75) is 0 Å². The third-order valence-corrected chi connectivity index (χ3v) is 3.46. The molecule has 0 bridgehead atoms. The minimum atomic E-state index is -0.589. The van der Waals surface area contributed by atoms with Crippen LogP contribution in [0, 0.1) is 22.7 Å². The fourth-order valence-corrected chi connectivity index (χ4v) is 2.39. The molecular formula is C14H8BrN3O3. The maximum atomic E-state index is 12.4. The van der Waals surface area contributed by atoms with Gasteiger partial charge in [-0.25, -0.2) is 0 Å². The monoisotopic (exact) mass is 345 g/mol. The van der Waals surface area contributed by atoms with E-state index in [0.717, 1.165) is 0 Å². The van der Waals surface area contributed by atoms with E-state index in [-0.39, 0.29) is 17.7 Å². The first-order chi connectivity index (χ1) is 10.0. The topological polar surface area (TPSA) is 94.2 Å². The van der Waals surface area contributed by atoms with Crippen LogP contribution in [0.15, 0.2) is 28.2 Å². The van der Waals surface area contributed by atoms with Gasteiger partial charge in [-0.2, -0.15) is 10.5 Å². The summed E-state index contributed by atoms with van der Waals surface area (Å²) in [4.78, 5) is 25.1. The van der Waals surface area contributed by atoms with E-state index in [1.807, 2.05) is 0 Å². The van der Waals surface area contributed by atoms with Gasteiger partial charge in [0.15, 0.2) is 0 Å². The molecule has 104 valence electrons. The van der Waals surface area contributed by atoms with Crippen molar-refractivity contribution in [2.75, 3.05) is 18.6 Å². The van der Waals surface area contributed by atoms with Gasteiger partial charge in [0.2, 0.25) is 0 Å². The van der Waals surface area contributed by atoms with Gasteiger partial charge < -0.3 is 4.74 Å². The first kappa shape index (κ1) is 14.8. The van der Waals surface area contributed by atoms with Gasteiger partial charge in [-0.1, -0.05) is 15.9 Å². The number of methoxy groups -OCH3 is 1. The Labute approximate surface area is 129 Å². The Balaban J connectivity index is 2.65. The number of carbonyl (C=O) groups is 2. The van der Waals surface area contributed by atoms with Crippen molar-refractivity contribution in [3.8, 4) is 12.1 Å². The second kappa shape index (κ2) is 5.78. The number of fused-ring (bicyclic) bond motifs is 1. The van der Waals surface area contributed by atoms with Gasteiger partial charge >= 0.3 is 5.97 Å². The molecule has 0 unspecified atom stereocenters. The standard InChI is InChI=1S/C14H8BrN3O3/c1-21-12(19)7-18-11-3-2-9(15)4-10(11)13(14(18)20)8(5-16)6-17/h2-4H,7H2,1H3. The lowest BCUT2D eigenvalue weighted by Gasteiger charge is -2.15. The number of ether oxygens (including phenoxy) is 1. The highest BCUT2D eigenvalue weighted by atomic mass is 79.9. The molecule has 1 aliphatic heterocycles. The molecule has 0 aromatic heterocycles. The second-order valence-corrected chi connectivity index (χ2v) is 5.02. The lowest BCUT2D eigenvalue weighted by Crippen LogP contribution is -2.33. The summed E-state index contributed by atoms with van der Waals surface area (Å²) in [7, 11) is 1.22. The predicted molar refractivity (Wildman–Crippen MR) is 76.7 cm³/mol. The van der Waals surface area contributed by atoms with Gasteiger partial charge in [-0.15, -0.1) is 0 Å². The van der Waals surface area contributed by atoms with Crippen molar-refractivity contribution in [2.24, 2.45) is 0 Å². The number of esters is 1. The quantitative estimate of drug-likeness (QED) is 0.462. The van der Waals surface area contributed by atoms with Gasteiger partial charge in [0.05, 0.1) is 18.4 Å². The number of nitrogens with zero attached hydrogens (tertiary/aromatic N) is 3. The number of nitriles is 2. The first-order valence-corrected chi connectivity index (χ1v) is 6.55. The Bertz CT molecular complexity index is 740. The van der Waals surface area contributed by atoms with E-state index >= 15 is 0 Å². The zero-order valence-electron chi connectivity index (χ0n) is 10.9. The number of hydrogen-bond acceptors (Lipinski definition) is 5. The Morgan fingerprint density at radius 2 is 2.05 bits per heavy atom. The van der Waals surface area contributed by atoms with Gasteiger partial charge in [0.25, 0.3) is 5.91 Å². The molecule has 1 amide bonds. The molecule has 0 N–H and O–H groups in total. The Morgan fingerprint density at radius 1 is 1.38 bits per heavy atom. The maximum Gasteiger partial charge on any atom is 0.325 e. The number of hydrogen-bond donors (Lipinski definition) is 0. The third-order valence-electron chi connectivity index (χ3n) is 2.97. The summed E-state index contributed by atoms with van der Waals surface area (Å²) in [6.45, 7) is -0.280. The third kappa shape index (κ3) is 2.51. The van der Waals surface area contributed by atoms with Crippen molar-refractivity contribution in [1.82, 2.24) is 0 Å². The second-order valence-electron chi connectivity index (χ2n) is 4.10. The van der Waals surface area contributed by atoms with E-state index in [4.69, 9.17) is 10.5 Å². The van der Waals surface area contributed by atoms with E-state index in [9.17, 15) is 9.59 Å². The Kier molecular flexibility index (Phi) is 4.06. The van der Waals surface area contributed by atoms with Crippen LogP contribution < -0.4 is 4.90 Å². The summed E-state index contributed by atoms with van der Waals surface area (Å²) in [6.07, 6.45) is 0. The zero-order valence-corrected chi connectivity index (χ0v) is 12.5. The lowest BCUT2D eigenvalue weighted by molar-refractivity contribution is -0.139. The molecule has 1 aliphatic rings. The van der Waals surface area contributed by atoms with Gasteiger partial charge in [0, 0.05) is 10.0 Å². The van der Waals surface area contributed by atoms with E-state index in [1.165, 1.54) is 12.0 Å². The van der Waals surface area contributed by atoms with E-state index in [2.05, 4.69) is 20.7 Å². The van der Waals surface area contributed by atoms with Crippen LogP contribution in [0.1, 0.15) is 5.56 Å². The summed E-state index contributed by atoms with van der Waals surface area (Å²) in [5.41, 5.74) is 0.620. The fourth-order valence-electron chi connectivity index (χ4n) is 2.03. The van der Waals surface area contributed by atoms with Crippen LogP contribution in [0.2, 0.25) is 0 Å². The molecule has 21 heavy (non-hydrogen) atoms. The predicted octanol–water partition coefficient (Wildman–Crippen LogP) is 1.77. The highest BCUT2D eigenvalue weighted by Crippen LogP contribution is 2.39. The number of carbonyl (C=O) groups excluding carboxylic acids is 2.